The Bertz CT molecular complexity index is 516. The van der Waals surface area contributed by atoms with Gasteiger partial charge in [0.05, 0.1) is 11.9 Å². The number of rotatable bonds is 4. The Morgan fingerprint density at radius 2 is 2.44 bits per heavy atom. The van der Waals surface area contributed by atoms with Crippen molar-refractivity contribution in [1.82, 2.24) is 14.7 Å². The van der Waals surface area contributed by atoms with Gasteiger partial charge in [0, 0.05) is 23.8 Å². The van der Waals surface area contributed by atoms with Gasteiger partial charge in [-0.1, -0.05) is 28.6 Å². The zero-order valence-corrected chi connectivity index (χ0v) is 10.8. The van der Waals surface area contributed by atoms with E-state index in [1.165, 1.54) is 5.56 Å². The minimum Gasteiger partial charge on any atom is -0.307 e. The van der Waals surface area contributed by atoms with Gasteiger partial charge in [0.25, 0.3) is 0 Å². The SMILES string of the molecule is C=C(Br)CNCc1cnc2c(C)cccn12. The highest BCUT2D eigenvalue weighted by Crippen LogP contribution is 2.10. The fourth-order valence-electron chi connectivity index (χ4n) is 1.66. The third kappa shape index (κ3) is 2.33. The maximum absolute atomic E-state index is 4.40. The van der Waals surface area contributed by atoms with Gasteiger partial charge in [0.2, 0.25) is 0 Å². The fourth-order valence-corrected chi connectivity index (χ4v) is 1.86. The van der Waals surface area contributed by atoms with Crippen LogP contribution in [0.15, 0.2) is 35.6 Å². The van der Waals surface area contributed by atoms with Crippen LogP contribution in [-0.2, 0) is 6.54 Å². The normalized spacial score (nSPS) is 10.9. The Morgan fingerprint density at radius 3 is 3.19 bits per heavy atom. The molecule has 0 unspecified atom stereocenters. The minimum atomic E-state index is 0.763. The number of hydrogen-bond donors (Lipinski definition) is 1. The molecule has 2 rings (SSSR count). The highest BCUT2D eigenvalue weighted by Gasteiger charge is 2.03. The number of fused-ring (bicyclic) bond motifs is 1. The van der Waals surface area contributed by atoms with Crippen LogP contribution in [0, 0.1) is 6.92 Å². The molecule has 0 bridgehead atoms. The van der Waals surface area contributed by atoms with Crippen LogP contribution in [-0.4, -0.2) is 15.9 Å². The summed E-state index contributed by atoms with van der Waals surface area (Å²) in [5, 5.41) is 3.29. The monoisotopic (exact) mass is 279 g/mol. The van der Waals surface area contributed by atoms with Crippen molar-refractivity contribution in [2.45, 2.75) is 13.5 Å². The number of halogens is 1. The van der Waals surface area contributed by atoms with Crippen molar-refractivity contribution in [3.63, 3.8) is 0 Å². The molecule has 0 aliphatic heterocycles. The van der Waals surface area contributed by atoms with E-state index < -0.39 is 0 Å². The van der Waals surface area contributed by atoms with Gasteiger partial charge in [-0.3, -0.25) is 0 Å². The summed E-state index contributed by atoms with van der Waals surface area (Å²) < 4.78 is 3.07. The van der Waals surface area contributed by atoms with Gasteiger partial charge in [-0.15, -0.1) is 0 Å². The number of imidazole rings is 1. The van der Waals surface area contributed by atoms with Crippen molar-refractivity contribution < 1.29 is 0 Å². The molecule has 3 nitrogen and oxygen atoms in total. The van der Waals surface area contributed by atoms with Crippen molar-refractivity contribution in [2.24, 2.45) is 0 Å². The molecule has 0 aliphatic rings. The highest BCUT2D eigenvalue weighted by atomic mass is 79.9. The van der Waals surface area contributed by atoms with Crippen LogP contribution in [0.5, 0.6) is 0 Å². The molecule has 0 atom stereocenters. The largest absolute Gasteiger partial charge is 0.307 e. The van der Waals surface area contributed by atoms with Crippen LogP contribution < -0.4 is 5.32 Å². The Labute approximate surface area is 103 Å². The molecule has 0 fully saturated rings. The third-order valence-corrected chi connectivity index (χ3v) is 2.71. The lowest BCUT2D eigenvalue weighted by Gasteiger charge is -2.04. The fraction of sp³-hybridized carbons (Fsp3) is 0.250. The topological polar surface area (TPSA) is 29.3 Å². The number of hydrogen-bond acceptors (Lipinski definition) is 2. The van der Waals surface area contributed by atoms with Crippen LogP contribution in [0.25, 0.3) is 5.65 Å². The van der Waals surface area contributed by atoms with Gasteiger partial charge < -0.3 is 9.72 Å². The molecule has 0 spiro atoms. The van der Waals surface area contributed by atoms with Crippen molar-refractivity contribution >= 4 is 21.6 Å². The molecular weight excluding hydrogens is 266 g/mol. The van der Waals surface area contributed by atoms with E-state index in [9.17, 15) is 0 Å². The van der Waals surface area contributed by atoms with Crippen LogP contribution in [0.4, 0.5) is 0 Å². The van der Waals surface area contributed by atoms with E-state index in [0.29, 0.717) is 0 Å². The van der Waals surface area contributed by atoms with E-state index >= 15 is 0 Å². The zero-order chi connectivity index (χ0) is 11.5. The van der Waals surface area contributed by atoms with Gasteiger partial charge in [0.1, 0.15) is 5.65 Å². The molecule has 0 saturated heterocycles. The summed E-state index contributed by atoms with van der Waals surface area (Å²) in [7, 11) is 0. The van der Waals surface area contributed by atoms with Gasteiger partial charge in [-0.25, -0.2) is 4.98 Å². The molecule has 1 N–H and O–H groups in total. The first-order chi connectivity index (χ1) is 7.68. The molecule has 2 aromatic heterocycles. The Morgan fingerprint density at radius 1 is 1.62 bits per heavy atom. The Kier molecular flexibility index (Phi) is 3.41. The average molecular weight is 280 g/mol. The van der Waals surface area contributed by atoms with E-state index in [-0.39, 0.29) is 0 Å². The van der Waals surface area contributed by atoms with Gasteiger partial charge >= 0.3 is 0 Å². The number of pyridine rings is 1. The van der Waals surface area contributed by atoms with Crippen LogP contribution >= 0.6 is 15.9 Å². The summed E-state index contributed by atoms with van der Waals surface area (Å²) >= 11 is 3.32. The maximum atomic E-state index is 4.40. The van der Waals surface area contributed by atoms with E-state index in [1.54, 1.807) is 0 Å². The van der Waals surface area contributed by atoms with E-state index in [1.807, 2.05) is 18.5 Å². The van der Waals surface area contributed by atoms with Crippen molar-refractivity contribution in [3.05, 3.63) is 46.8 Å². The van der Waals surface area contributed by atoms with Gasteiger partial charge in [0.15, 0.2) is 0 Å². The van der Waals surface area contributed by atoms with Gasteiger partial charge in [-0.2, -0.15) is 0 Å². The van der Waals surface area contributed by atoms with Crippen LogP contribution in [0.3, 0.4) is 0 Å². The maximum Gasteiger partial charge on any atom is 0.139 e. The average Bonchev–Trinajstić information content (AvgIpc) is 2.63. The molecule has 0 amide bonds. The van der Waals surface area contributed by atoms with Crippen molar-refractivity contribution in [3.8, 4) is 0 Å². The summed E-state index contributed by atoms with van der Waals surface area (Å²) in [6.45, 7) is 7.40. The molecule has 84 valence electrons. The minimum absolute atomic E-state index is 0.763. The molecule has 4 heteroatoms. The quantitative estimate of drug-likeness (QED) is 0.933. The second-order valence-corrected chi connectivity index (χ2v) is 4.88. The highest BCUT2D eigenvalue weighted by molar-refractivity contribution is 9.11. The van der Waals surface area contributed by atoms with Crippen LogP contribution in [0.1, 0.15) is 11.3 Å². The molecule has 16 heavy (non-hydrogen) atoms. The molecule has 0 radical (unpaired) electrons. The van der Waals surface area contributed by atoms with Gasteiger partial charge in [-0.05, 0) is 18.6 Å². The second kappa shape index (κ2) is 4.80. The first-order valence-corrected chi connectivity index (χ1v) is 5.93. The number of aromatic nitrogens is 2. The first kappa shape index (κ1) is 11.4. The third-order valence-electron chi connectivity index (χ3n) is 2.43. The predicted molar refractivity (Wildman–Crippen MR) is 69.7 cm³/mol. The smallest absolute Gasteiger partial charge is 0.139 e. The lowest BCUT2D eigenvalue weighted by Crippen LogP contribution is -2.15. The number of aryl methyl sites for hydroxylation is 1. The van der Waals surface area contributed by atoms with E-state index in [2.05, 4.69) is 50.2 Å². The van der Waals surface area contributed by atoms with E-state index in [4.69, 9.17) is 0 Å². The summed E-state index contributed by atoms with van der Waals surface area (Å²) in [4.78, 5) is 4.40. The first-order valence-electron chi connectivity index (χ1n) is 5.14. The lowest BCUT2D eigenvalue weighted by atomic mass is 10.3. The number of nitrogens with one attached hydrogen (secondary N) is 1. The molecule has 2 aromatic rings. The standard InChI is InChI=1S/C12H14BrN3/c1-9-4-3-5-16-11(8-15-12(9)16)7-14-6-10(2)13/h3-5,8,14H,2,6-7H2,1H3. The number of nitrogens with zero attached hydrogens (tertiary/aromatic N) is 2. The molecule has 2 heterocycles. The van der Waals surface area contributed by atoms with Crippen molar-refractivity contribution in [1.29, 1.82) is 0 Å². The summed E-state index contributed by atoms with van der Waals surface area (Å²) in [6.07, 6.45) is 3.95. The van der Waals surface area contributed by atoms with Crippen LogP contribution in [0.2, 0.25) is 0 Å². The Balaban J connectivity index is 2.19. The van der Waals surface area contributed by atoms with Crippen molar-refractivity contribution in [2.75, 3.05) is 6.54 Å². The zero-order valence-electron chi connectivity index (χ0n) is 9.20. The lowest BCUT2D eigenvalue weighted by molar-refractivity contribution is 0.731. The predicted octanol–water partition coefficient (Wildman–Crippen LogP) is 2.64. The Hall–Kier alpha value is -1.13. The molecule has 0 aromatic carbocycles. The summed E-state index contributed by atoms with van der Waals surface area (Å²) in [5.41, 5.74) is 3.38. The molecule has 0 saturated carbocycles. The molecule has 0 aliphatic carbocycles. The van der Waals surface area contributed by atoms with E-state index in [0.717, 1.165) is 28.9 Å². The summed E-state index contributed by atoms with van der Waals surface area (Å²) in [5.74, 6) is 0. The second-order valence-electron chi connectivity index (χ2n) is 3.76. The molecular formula is C12H14BrN3. The summed E-state index contributed by atoms with van der Waals surface area (Å²) in [6, 6.07) is 4.11.